The van der Waals surface area contributed by atoms with Crippen molar-refractivity contribution in [2.75, 3.05) is 32.8 Å². The van der Waals surface area contributed by atoms with Gasteiger partial charge in [0.2, 0.25) is 0 Å². The van der Waals surface area contributed by atoms with Crippen LogP contribution in [-0.2, 0) is 9.53 Å². The molecule has 0 saturated carbocycles. The number of aliphatic carboxylic acids is 1. The summed E-state index contributed by atoms with van der Waals surface area (Å²) in [5, 5.41) is 12.2. The average molecular weight is 284 g/mol. The van der Waals surface area contributed by atoms with Crippen molar-refractivity contribution in [3.63, 3.8) is 0 Å². The molecule has 0 aliphatic carbocycles. The van der Waals surface area contributed by atoms with Crippen LogP contribution in [-0.4, -0.2) is 54.9 Å². The number of nitrogens with zero attached hydrogens (tertiary/aromatic N) is 1. The first kappa shape index (κ1) is 15.1. The summed E-state index contributed by atoms with van der Waals surface area (Å²) in [4.78, 5) is 25.4. The maximum atomic E-state index is 12.1. The van der Waals surface area contributed by atoms with Crippen LogP contribution in [0.3, 0.4) is 0 Å². The number of carbonyl (C=O) groups excluding carboxylic acids is 1. The van der Waals surface area contributed by atoms with Crippen molar-refractivity contribution in [3.05, 3.63) is 0 Å². The first-order valence-corrected chi connectivity index (χ1v) is 7.37. The van der Waals surface area contributed by atoms with Crippen molar-refractivity contribution < 1.29 is 19.4 Å². The van der Waals surface area contributed by atoms with E-state index in [4.69, 9.17) is 4.74 Å². The maximum absolute atomic E-state index is 12.1. The third-order valence-corrected chi connectivity index (χ3v) is 4.55. The van der Waals surface area contributed by atoms with Crippen molar-refractivity contribution >= 4 is 12.0 Å². The lowest BCUT2D eigenvalue weighted by atomic mass is 9.80. The Hall–Kier alpha value is -1.30. The summed E-state index contributed by atoms with van der Waals surface area (Å²) in [5.74, 6) is -0.173. The molecule has 6 heteroatoms. The number of hydrogen-bond donors (Lipinski definition) is 2. The molecule has 2 amide bonds. The summed E-state index contributed by atoms with van der Waals surface area (Å²) < 4.78 is 5.22. The van der Waals surface area contributed by atoms with E-state index in [2.05, 4.69) is 12.2 Å². The first-order valence-electron chi connectivity index (χ1n) is 7.37. The number of urea groups is 1. The number of likely N-dealkylation sites (tertiary alicyclic amines) is 1. The van der Waals surface area contributed by atoms with Gasteiger partial charge in [-0.05, 0) is 31.6 Å². The van der Waals surface area contributed by atoms with Gasteiger partial charge in [-0.15, -0.1) is 0 Å². The molecule has 20 heavy (non-hydrogen) atoms. The van der Waals surface area contributed by atoms with E-state index in [1.165, 1.54) is 0 Å². The van der Waals surface area contributed by atoms with Crippen LogP contribution in [0.4, 0.5) is 4.79 Å². The van der Waals surface area contributed by atoms with E-state index in [-0.39, 0.29) is 12.6 Å². The normalized spacial score (nSPS) is 23.4. The molecule has 0 atom stereocenters. The molecule has 2 aliphatic heterocycles. The van der Waals surface area contributed by atoms with Gasteiger partial charge in [-0.2, -0.15) is 0 Å². The van der Waals surface area contributed by atoms with Crippen LogP contribution in [0.25, 0.3) is 0 Å². The lowest BCUT2D eigenvalue weighted by molar-refractivity contribution is -0.154. The van der Waals surface area contributed by atoms with Gasteiger partial charge in [0.15, 0.2) is 0 Å². The molecule has 6 nitrogen and oxygen atoms in total. The number of nitrogens with one attached hydrogen (secondary N) is 1. The summed E-state index contributed by atoms with van der Waals surface area (Å²) in [6, 6.07) is -0.135. The van der Waals surface area contributed by atoms with Crippen molar-refractivity contribution in [3.8, 4) is 0 Å². The molecule has 2 N–H and O–H groups in total. The zero-order valence-corrected chi connectivity index (χ0v) is 12.1. The second kappa shape index (κ2) is 6.43. The second-order valence-electron chi connectivity index (χ2n) is 6.03. The van der Waals surface area contributed by atoms with E-state index >= 15 is 0 Å². The van der Waals surface area contributed by atoms with Gasteiger partial charge in [-0.3, -0.25) is 4.79 Å². The Labute approximate surface area is 119 Å². The van der Waals surface area contributed by atoms with E-state index in [1.54, 1.807) is 4.90 Å². The van der Waals surface area contributed by atoms with Gasteiger partial charge < -0.3 is 20.1 Å². The van der Waals surface area contributed by atoms with Crippen molar-refractivity contribution in [2.24, 2.45) is 11.3 Å². The number of piperidine rings is 1. The van der Waals surface area contributed by atoms with E-state index in [9.17, 15) is 14.7 Å². The third kappa shape index (κ3) is 3.42. The number of carboxylic acids is 1. The summed E-state index contributed by atoms with van der Waals surface area (Å²) >= 11 is 0. The number of rotatable bonds is 3. The summed E-state index contributed by atoms with van der Waals surface area (Å²) in [6.45, 7) is 4.80. The van der Waals surface area contributed by atoms with Crippen LogP contribution in [0.5, 0.6) is 0 Å². The Morgan fingerprint density at radius 1 is 1.30 bits per heavy atom. The molecule has 0 aromatic rings. The van der Waals surface area contributed by atoms with Crippen molar-refractivity contribution in [2.45, 2.75) is 32.6 Å². The zero-order valence-electron chi connectivity index (χ0n) is 12.1. The molecule has 0 aromatic heterocycles. The summed E-state index contributed by atoms with van der Waals surface area (Å²) in [5.41, 5.74) is -0.864. The largest absolute Gasteiger partial charge is 0.481 e. The van der Waals surface area contributed by atoms with Crippen LogP contribution in [0.15, 0.2) is 0 Å². The minimum atomic E-state index is -0.864. The number of ether oxygens (including phenoxy) is 1. The molecule has 2 heterocycles. The molecule has 114 valence electrons. The second-order valence-corrected chi connectivity index (χ2v) is 6.03. The molecule has 2 aliphatic rings. The molecular formula is C14H24N2O4. The zero-order chi connectivity index (χ0) is 14.6. The Bertz CT molecular complexity index is 358. The van der Waals surface area contributed by atoms with Gasteiger partial charge in [0, 0.05) is 32.8 Å². The minimum absolute atomic E-state index is 0.135. The van der Waals surface area contributed by atoms with Crippen LogP contribution < -0.4 is 5.32 Å². The predicted octanol–water partition coefficient (Wildman–Crippen LogP) is 1.31. The number of carbonyl (C=O) groups is 2. The summed E-state index contributed by atoms with van der Waals surface area (Å²) in [6.07, 6.45) is 2.95. The Kier molecular flexibility index (Phi) is 4.86. The first-order chi connectivity index (χ1) is 9.53. The number of carboxylic acid groups (broad SMARTS) is 1. The highest BCUT2D eigenvalue weighted by Crippen LogP contribution is 2.30. The number of hydrogen-bond acceptors (Lipinski definition) is 3. The summed E-state index contributed by atoms with van der Waals surface area (Å²) in [7, 11) is 0. The van der Waals surface area contributed by atoms with E-state index in [0.29, 0.717) is 32.0 Å². The van der Waals surface area contributed by atoms with Crippen LogP contribution in [0, 0.1) is 11.3 Å². The fraction of sp³-hybridized carbons (Fsp3) is 0.857. The molecule has 0 bridgehead atoms. The molecule has 0 spiro atoms. The molecule has 2 rings (SSSR count). The Morgan fingerprint density at radius 3 is 2.45 bits per heavy atom. The lowest BCUT2D eigenvalue weighted by Crippen LogP contribution is -2.51. The lowest BCUT2D eigenvalue weighted by Gasteiger charge is -2.35. The van der Waals surface area contributed by atoms with Crippen molar-refractivity contribution in [1.82, 2.24) is 10.2 Å². The third-order valence-electron chi connectivity index (χ3n) is 4.55. The maximum Gasteiger partial charge on any atom is 0.317 e. The molecule has 2 fully saturated rings. The Balaban J connectivity index is 1.86. The van der Waals surface area contributed by atoms with E-state index in [0.717, 1.165) is 25.9 Å². The minimum Gasteiger partial charge on any atom is -0.481 e. The van der Waals surface area contributed by atoms with Gasteiger partial charge in [-0.25, -0.2) is 4.79 Å². The Morgan fingerprint density at radius 2 is 1.90 bits per heavy atom. The van der Waals surface area contributed by atoms with Gasteiger partial charge in [-0.1, -0.05) is 6.92 Å². The van der Waals surface area contributed by atoms with Gasteiger partial charge in [0.25, 0.3) is 0 Å². The standard InChI is InChI=1S/C14H24N2O4/c1-11-2-6-16(7-3-11)13(19)15-10-14(12(17)18)4-8-20-9-5-14/h11H,2-10H2,1H3,(H,15,19)(H,17,18). The molecular weight excluding hydrogens is 260 g/mol. The van der Waals surface area contributed by atoms with Crippen LogP contribution in [0.2, 0.25) is 0 Å². The SMILES string of the molecule is CC1CCN(C(=O)NCC2(C(=O)O)CCOCC2)CC1. The molecule has 0 radical (unpaired) electrons. The average Bonchev–Trinajstić information content (AvgIpc) is 2.46. The molecule has 0 aromatic carbocycles. The predicted molar refractivity (Wildman–Crippen MR) is 73.5 cm³/mol. The van der Waals surface area contributed by atoms with E-state index < -0.39 is 11.4 Å². The molecule has 2 saturated heterocycles. The highest BCUT2D eigenvalue weighted by atomic mass is 16.5. The smallest absolute Gasteiger partial charge is 0.317 e. The topological polar surface area (TPSA) is 78.9 Å². The van der Waals surface area contributed by atoms with Crippen molar-refractivity contribution in [1.29, 1.82) is 0 Å². The highest BCUT2D eigenvalue weighted by molar-refractivity contribution is 5.78. The molecule has 0 unspecified atom stereocenters. The monoisotopic (exact) mass is 284 g/mol. The quantitative estimate of drug-likeness (QED) is 0.819. The van der Waals surface area contributed by atoms with E-state index in [1.807, 2.05) is 0 Å². The van der Waals surface area contributed by atoms with Crippen LogP contribution >= 0.6 is 0 Å². The fourth-order valence-electron chi connectivity index (χ4n) is 2.80. The van der Waals surface area contributed by atoms with Gasteiger partial charge >= 0.3 is 12.0 Å². The van der Waals surface area contributed by atoms with Gasteiger partial charge in [0.05, 0.1) is 5.41 Å². The highest BCUT2D eigenvalue weighted by Gasteiger charge is 2.40. The number of amides is 2. The van der Waals surface area contributed by atoms with Crippen LogP contribution in [0.1, 0.15) is 32.6 Å². The fourth-order valence-corrected chi connectivity index (χ4v) is 2.80. The van der Waals surface area contributed by atoms with Gasteiger partial charge in [0.1, 0.15) is 0 Å².